The van der Waals surface area contributed by atoms with E-state index in [1.165, 1.54) is 30.0 Å². The van der Waals surface area contributed by atoms with Crippen LogP contribution in [0.15, 0.2) is 53.1 Å². The minimum atomic E-state index is -0.390. The van der Waals surface area contributed by atoms with E-state index in [0.717, 1.165) is 11.3 Å². The first-order chi connectivity index (χ1) is 14.5. The summed E-state index contributed by atoms with van der Waals surface area (Å²) in [4.78, 5) is 16.6. The van der Waals surface area contributed by atoms with Gasteiger partial charge in [0.2, 0.25) is 5.91 Å². The van der Waals surface area contributed by atoms with Crippen molar-refractivity contribution in [2.45, 2.75) is 19.3 Å². The number of nitrogens with zero attached hydrogens (tertiary/aromatic N) is 3. The molecule has 2 aromatic carbocycles. The van der Waals surface area contributed by atoms with Crippen molar-refractivity contribution >= 4 is 23.4 Å². The van der Waals surface area contributed by atoms with Gasteiger partial charge in [0, 0.05) is 18.0 Å². The number of rotatable bonds is 4. The predicted octanol–water partition coefficient (Wildman–Crippen LogP) is 4.15. The number of phenolic OH excluding ortho intramolecular Hbond substituents is 1. The smallest absolute Gasteiger partial charge is 0.229 e. The van der Waals surface area contributed by atoms with Gasteiger partial charge < -0.3 is 14.7 Å². The number of nitriles is 1. The lowest BCUT2D eigenvalue weighted by Crippen LogP contribution is -2.47. The van der Waals surface area contributed by atoms with Crippen LogP contribution < -0.4 is 9.64 Å². The molecule has 1 saturated heterocycles. The largest absolute Gasteiger partial charge is 0.504 e. The number of thioether (sulfide) groups is 1. The molecule has 0 spiro atoms. The highest BCUT2D eigenvalue weighted by atomic mass is 32.2. The number of benzene rings is 2. The number of ether oxygens (including phenoxy) is 1. The van der Waals surface area contributed by atoms with Gasteiger partial charge in [-0.25, -0.2) is 4.39 Å². The summed E-state index contributed by atoms with van der Waals surface area (Å²) < 4.78 is 18.7. The Morgan fingerprint density at radius 1 is 1.30 bits per heavy atom. The summed E-state index contributed by atoms with van der Waals surface area (Å²) in [6.07, 6.45) is 0.153. The third-order valence-corrected chi connectivity index (χ3v) is 6.33. The van der Waals surface area contributed by atoms with Gasteiger partial charge in [0.1, 0.15) is 5.82 Å². The topological polar surface area (TPSA) is 76.8 Å². The second kappa shape index (κ2) is 8.28. The number of aromatic hydroxyl groups is 1. The van der Waals surface area contributed by atoms with Crippen molar-refractivity contribution in [3.63, 3.8) is 0 Å². The molecule has 0 radical (unpaired) electrons. The lowest BCUT2D eigenvalue weighted by Gasteiger charge is -2.42. The fraction of sp³-hybridized carbons (Fsp3) is 0.273. The van der Waals surface area contributed by atoms with Crippen molar-refractivity contribution in [1.29, 1.82) is 5.26 Å². The molecule has 1 atom stereocenters. The van der Waals surface area contributed by atoms with E-state index in [0.29, 0.717) is 35.5 Å². The fourth-order valence-electron chi connectivity index (χ4n) is 3.68. The molecule has 4 rings (SSSR count). The van der Waals surface area contributed by atoms with Gasteiger partial charge in [-0.15, -0.1) is 0 Å². The molecule has 0 bridgehead atoms. The molecule has 0 aromatic heterocycles. The molecule has 0 unspecified atom stereocenters. The SMILES string of the molecule is CCOc1cc([C@H]2CC(=O)N3CN(c4ccc(F)cc4)CSC3=C2C#N)ccc1O. The van der Waals surface area contributed by atoms with Crippen molar-refractivity contribution in [3.8, 4) is 17.6 Å². The number of carbonyl (C=O) groups is 1. The standard InChI is InChI=1S/C22H20FN3O3S/c1-2-29-20-9-14(3-8-19(20)27)17-10-21(28)26-12-25(13-30-22(26)18(17)11-24)16-6-4-15(23)5-7-16/h3-9,17,27H,2,10,12-13H2,1H3/t17-/m1/s1. The molecule has 8 heteroatoms. The minimum Gasteiger partial charge on any atom is -0.504 e. The van der Waals surface area contributed by atoms with Crippen LogP contribution >= 0.6 is 11.8 Å². The summed E-state index contributed by atoms with van der Waals surface area (Å²) in [5.41, 5.74) is 2.11. The number of hydrogen-bond donors (Lipinski definition) is 1. The highest BCUT2D eigenvalue weighted by Gasteiger charge is 2.38. The van der Waals surface area contributed by atoms with Gasteiger partial charge >= 0.3 is 0 Å². The summed E-state index contributed by atoms with van der Waals surface area (Å²) in [5, 5.41) is 20.5. The van der Waals surface area contributed by atoms with E-state index < -0.39 is 5.92 Å². The quantitative estimate of drug-likeness (QED) is 0.793. The zero-order chi connectivity index (χ0) is 21.3. The van der Waals surface area contributed by atoms with Crippen molar-refractivity contribution in [2.24, 2.45) is 0 Å². The Morgan fingerprint density at radius 3 is 2.77 bits per heavy atom. The number of allylic oxidation sites excluding steroid dienone is 1. The summed E-state index contributed by atoms with van der Waals surface area (Å²) in [6.45, 7) is 2.53. The number of halogens is 1. The highest BCUT2D eigenvalue weighted by Crippen LogP contribution is 2.44. The molecule has 2 aliphatic heterocycles. The first kappa shape index (κ1) is 20.1. The summed E-state index contributed by atoms with van der Waals surface area (Å²) >= 11 is 1.42. The Labute approximate surface area is 178 Å². The molecule has 2 aromatic rings. The summed E-state index contributed by atoms with van der Waals surface area (Å²) in [6, 6.07) is 13.4. The van der Waals surface area contributed by atoms with Crippen LogP contribution in [0, 0.1) is 17.1 Å². The molecular formula is C22H20FN3O3S. The Balaban J connectivity index is 1.65. The molecule has 30 heavy (non-hydrogen) atoms. The van der Waals surface area contributed by atoms with Crippen LogP contribution in [0.3, 0.4) is 0 Å². The average molecular weight is 425 g/mol. The van der Waals surface area contributed by atoms with Crippen LogP contribution in [-0.2, 0) is 4.79 Å². The van der Waals surface area contributed by atoms with Gasteiger partial charge in [0.05, 0.1) is 35.8 Å². The second-order valence-electron chi connectivity index (χ2n) is 7.00. The Hall–Kier alpha value is -3.18. The molecule has 154 valence electrons. The van der Waals surface area contributed by atoms with E-state index in [9.17, 15) is 19.6 Å². The van der Waals surface area contributed by atoms with E-state index in [2.05, 4.69) is 6.07 Å². The Morgan fingerprint density at radius 2 is 2.07 bits per heavy atom. The van der Waals surface area contributed by atoms with Crippen LogP contribution in [0.2, 0.25) is 0 Å². The zero-order valence-corrected chi connectivity index (χ0v) is 17.2. The highest BCUT2D eigenvalue weighted by molar-refractivity contribution is 8.03. The monoisotopic (exact) mass is 425 g/mol. The van der Waals surface area contributed by atoms with Gasteiger partial charge in [-0.05, 0) is 48.9 Å². The average Bonchev–Trinajstić information content (AvgIpc) is 2.76. The number of carbonyl (C=O) groups excluding carboxylic acids is 1. The Kier molecular flexibility index (Phi) is 5.55. The van der Waals surface area contributed by atoms with Crippen LogP contribution in [0.5, 0.6) is 11.5 Å². The van der Waals surface area contributed by atoms with Gasteiger partial charge in [-0.2, -0.15) is 5.26 Å². The van der Waals surface area contributed by atoms with E-state index >= 15 is 0 Å². The number of hydrogen-bond acceptors (Lipinski definition) is 6. The first-order valence-corrected chi connectivity index (χ1v) is 10.5. The van der Waals surface area contributed by atoms with Crippen LogP contribution in [0.1, 0.15) is 24.8 Å². The lowest BCUT2D eigenvalue weighted by atomic mass is 9.86. The third kappa shape index (κ3) is 3.68. The number of amides is 1. The zero-order valence-electron chi connectivity index (χ0n) is 16.3. The van der Waals surface area contributed by atoms with Gasteiger partial charge in [-0.1, -0.05) is 17.8 Å². The first-order valence-electron chi connectivity index (χ1n) is 9.55. The Bertz CT molecular complexity index is 1050. The molecule has 1 N–H and O–H groups in total. The third-order valence-electron chi connectivity index (χ3n) is 5.17. The van der Waals surface area contributed by atoms with E-state index in [1.54, 1.807) is 29.2 Å². The van der Waals surface area contributed by atoms with Crippen LogP contribution in [0.4, 0.5) is 10.1 Å². The van der Waals surface area contributed by atoms with Gasteiger partial charge in [0.15, 0.2) is 11.5 Å². The molecule has 1 amide bonds. The summed E-state index contributed by atoms with van der Waals surface area (Å²) in [5.74, 6) is 0.122. The molecule has 2 heterocycles. The second-order valence-corrected chi connectivity index (χ2v) is 7.93. The van der Waals surface area contributed by atoms with Crippen LogP contribution in [-0.4, -0.2) is 35.1 Å². The maximum atomic E-state index is 13.2. The van der Waals surface area contributed by atoms with Gasteiger partial charge in [-0.3, -0.25) is 9.69 Å². The van der Waals surface area contributed by atoms with E-state index in [-0.39, 0.29) is 23.9 Å². The van der Waals surface area contributed by atoms with Gasteiger partial charge in [0.25, 0.3) is 0 Å². The predicted molar refractivity (Wildman–Crippen MR) is 112 cm³/mol. The molecule has 0 aliphatic carbocycles. The van der Waals surface area contributed by atoms with Crippen molar-refractivity contribution in [2.75, 3.05) is 24.1 Å². The molecular weight excluding hydrogens is 405 g/mol. The lowest BCUT2D eigenvalue weighted by molar-refractivity contribution is -0.129. The maximum Gasteiger partial charge on any atom is 0.229 e. The molecule has 1 fully saturated rings. The van der Waals surface area contributed by atoms with E-state index in [4.69, 9.17) is 4.74 Å². The maximum absolute atomic E-state index is 13.2. The van der Waals surface area contributed by atoms with Crippen molar-refractivity contribution in [1.82, 2.24) is 4.90 Å². The molecule has 6 nitrogen and oxygen atoms in total. The number of phenols is 1. The molecule has 2 aliphatic rings. The summed E-state index contributed by atoms with van der Waals surface area (Å²) in [7, 11) is 0. The normalized spacial score (nSPS) is 18.8. The minimum absolute atomic E-state index is 0.0255. The fourth-order valence-corrected chi connectivity index (χ4v) is 4.85. The number of fused-ring (bicyclic) bond motifs is 1. The van der Waals surface area contributed by atoms with Crippen molar-refractivity contribution < 1.29 is 19.0 Å². The van der Waals surface area contributed by atoms with Crippen LogP contribution in [0.25, 0.3) is 0 Å². The molecule has 0 saturated carbocycles. The number of anilines is 1. The van der Waals surface area contributed by atoms with E-state index in [1.807, 2.05) is 11.8 Å². The van der Waals surface area contributed by atoms with Crippen molar-refractivity contribution in [3.05, 3.63) is 64.4 Å².